The molecular weight excluding hydrogens is 212 g/mol. The summed E-state index contributed by atoms with van der Waals surface area (Å²) in [6.07, 6.45) is 1.43. The third kappa shape index (κ3) is 4.95. The molecule has 0 radical (unpaired) electrons. The molecule has 0 saturated carbocycles. The number of rotatable bonds is 8. The second-order valence-corrected chi connectivity index (χ2v) is 2.92. The number of hydrogen-bond acceptors (Lipinski definition) is 5. The van der Waals surface area contributed by atoms with Gasteiger partial charge >= 0.3 is 5.97 Å². The molecule has 1 heterocycles. The summed E-state index contributed by atoms with van der Waals surface area (Å²) in [4.78, 5) is 11.2. The van der Waals surface area contributed by atoms with Crippen LogP contribution >= 0.6 is 0 Å². The summed E-state index contributed by atoms with van der Waals surface area (Å²) in [5.74, 6) is -0.271. The molecule has 0 unspecified atom stereocenters. The lowest BCUT2D eigenvalue weighted by Gasteiger charge is -2.04. The van der Waals surface area contributed by atoms with Crippen molar-refractivity contribution in [2.75, 3.05) is 33.0 Å². The predicted octanol–water partition coefficient (Wildman–Crippen LogP) is 1.49. The Labute approximate surface area is 94.3 Å². The zero-order valence-corrected chi connectivity index (χ0v) is 9.31. The SMILES string of the molecule is CCOCCOCCOC(=O)c1ccco1. The van der Waals surface area contributed by atoms with Gasteiger partial charge in [-0.2, -0.15) is 0 Å². The van der Waals surface area contributed by atoms with Gasteiger partial charge in [-0.1, -0.05) is 0 Å². The molecule has 0 saturated heterocycles. The number of esters is 1. The summed E-state index contributed by atoms with van der Waals surface area (Å²) in [6, 6.07) is 3.19. The van der Waals surface area contributed by atoms with E-state index in [1.54, 1.807) is 12.1 Å². The molecule has 0 fully saturated rings. The van der Waals surface area contributed by atoms with Gasteiger partial charge in [-0.15, -0.1) is 0 Å². The van der Waals surface area contributed by atoms with Crippen molar-refractivity contribution in [1.29, 1.82) is 0 Å². The number of carbonyl (C=O) groups excluding carboxylic acids is 1. The summed E-state index contributed by atoms with van der Waals surface area (Å²) in [5.41, 5.74) is 0. The molecule has 0 aliphatic carbocycles. The van der Waals surface area contributed by atoms with Crippen LogP contribution in [0, 0.1) is 0 Å². The standard InChI is InChI=1S/C11H16O5/c1-2-13-6-7-14-8-9-16-11(12)10-4-3-5-15-10/h3-5H,2,6-9H2,1H3. The van der Waals surface area contributed by atoms with Crippen LogP contribution in [0.3, 0.4) is 0 Å². The van der Waals surface area contributed by atoms with Crippen LogP contribution in [0.1, 0.15) is 17.5 Å². The van der Waals surface area contributed by atoms with E-state index in [9.17, 15) is 4.79 Å². The van der Waals surface area contributed by atoms with Gasteiger partial charge in [0.1, 0.15) is 6.61 Å². The van der Waals surface area contributed by atoms with Crippen molar-refractivity contribution in [3.63, 3.8) is 0 Å². The molecule has 0 aliphatic rings. The lowest BCUT2D eigenvalue weighted by Crippen LogP contribution is -2.12. The van der Waals surface area contributed by atoms with E-state index >= 15 is 0 Å². The second kappa shape index (κ2) is 7.90. The Kier molecular flexibility index (Phi) is 6.29. The number of furan rings is 1. The largest absolute Gasteiger partial charge is 0.457 e. The Morgan fingerprint density at radius 1 is 1.25 bits per heavy atom. The van der Waals surface area contributed by atoms with Crippen molar-refractivity contribution in [2.24, 2.45) is 0 Å². The molecule has 0 amide bonds. The maximum absolute atomic E-state index is 11.2. The van der Waals surface area contributed by atoms with Crippen molar-refractivity contribution in [3.05, 3.63) is 24.2 Å². The third-order valence-corrected chi connectivity index (χ3v) is 1.76. The van der Waals surface area contributed by atoms with E-state index < -0.39 is 5.97 Å². The maximum atomic E-state index is 11.2. The predicted molar refractivity (Wildman–Crippen MR) is 56.3 cm³/mol. The molecule has 0 N–H and O–H groups in total. The summed E-state index contributed by atoms with van der Waals surface area (Å²) in [6.45, 7) is 4.24. The second-order valence-electron chi connectivity index (χ2n) is 2.92. The van der Waals surface area contributed by atoms with Crippen LogP contribution < -0.4 is 0 Å². The number of carbonyl (C=O) groups is 1. The van der Waals surface area contributed by atoms with Crippen molar-refractivity contribution >= 4 is 5.97 Å². The molecule has 0 spiro atoms. The van der Waals surface area contributed by atoms with Crippen LogP contribution in [0.15, 0.2) is 22.8 Å². The summed E-state index contributed by atoms with van der Waals surface area (Å²) >= 11 is 0. The fraction of sp³-hybridized carbons (Fsp3) is 0.545. The zero-order chi connectivity index (χ0) is 11.6. The van der Waals surface area contributed by atoms with Crippen molar-refractivity contribution in [1.82, 2.24) is 0 Å². The van der Waals surface area contributed by atoms with Crippen LogP contribution in [0.4, 0.5) is 0 Å². The van der Waals surface area contributed by atoms with Crippen molar-refractivity contribution < 1.29 is 23.4 Å². The van der Waals surface area contributed by atoms with Gasteiger partial charge in [-0.05, 0) is 19.1 Å². The van der Waals surface area contributed by atoms with Crippen molar-refractivity contribution in [2.45, 2.75) is 6.92 Å². The molecule has 0 aromatic carbocycles. The Morgan fingerprint density at radius 2 is 2.00 bits per heavy atom. The minimum atomic E-state index is -0.474. The van der Waals surface area contributed by atoms with Gasteiger partial charge in [0.15, 0.2) is 0 Å². The molecule has 0 bridgehead atoms. The molecule has 16 heavy (non-hydrogen) atoms. The zero-order valence-electron chi connectivity index (χ0n) is 9.31. The average Bonchev–Trinajstić information content (AvgIpc) is 2.81. The highest BCUT2D eigenvalue weighted by Crippen LogP contribution is 2.01. The first-order valence-corrected chi connectivity index (χ1v) is 5.20. The van der Waals surface area contributed by atoms with Crippen LogP contribution in [0.25, 0.3) is 0 Å². The molecule has 0 atom stereocenters. The molecule has 5 heteroatoms. The van der Waals surface area contributed by atoms with Gasteiger partial charge in [0.25, 0.3) is 0 Å². The first-order valence-electron chi connectivity index (χ1n) is 5.20. The molecule has 1 rings (SSSR count). The summed E-state index contributed by atoms with van der Waals surface area (Å²) in [5, 5.41) is 0. The highest BCUT2D eigenvalue weighted by Gasteiger charge is 2.08. The quantitative estimate of drug-likeness (QED) is 0.498. The van der Waals surface area contributed by atoms with Crippen LogP contribution in [-0.4, -0.2) is 39.0 Å². The third-order valence-electron chi connectivity index (χ3n) is 1.76. The minimum Gasteiger partial charge on any atom is -0.457 e. The van der Waals surface area contributed by atoms with Gasteiger partial charge in [-0.3, -0.25) is 0 Å². The smallest absolute Gasteiger partial charge is 0.374 e. The molecule has 1 aromatic rings. The van der Waals surface area contributed by atoms with Gasteiger partial charge in [0.2, 0.25) is 5.76 Å². The van der Waals surface area contributed by atoms with E-state index in [-0.39, 0.29) is 12.4 Å². The van der Waals surface area contributed by atoms with E-state index in [4.69, 9.17) is 18.6 Å². The maximum Gasteiger partial charge on any atom is 0.374 e. The van der Waals surface area contributed by atoms with Gasteiger partial charge in [-0.25, -0.2) is 4.79 Å². The van der Waals surface area contributed by atoms with Crippen LogP contribution in [0.2, 0.25) is 0 Å². The monoisotopic (exact) mass is 228 g/mol. The molecular formula is C11H16O5. The van der Waals surface area contributed by atoms with Gasteiger partial charge < -0.3 is 18.6 Å². The van der Waals surface area contributed by atoms with Crippen molar-refractivity contribution in [3.8, 4) is 0 Å². The highest BCUT2D eigenvalue weighted by molar-refractivity contribution is 5.86. The fourth-order valence-electron chi connectivity index (χ4n) is 1.02. The first-order chi connectivity index (χ1) is 7.84. The number of ether oxygens (including phenoxy) is 3. The van der Waals surface area contributed by atoms with E-state index in [1.807, 2.05) is 6.92 Å². The van der Waals surface area contributed by atoms with Crippen LogP contribution in [-0.2, 0) is 14.2 Å². The summed E-state index contributed by atoms with van der Waals surface area (Å²) in [7, 11) is 0. The van der Waals surface area contributed by atoms with E-state index in [0.29, 0.717) is 26.4 Å². The average molecular weight is 228 g/mol. The minimum absolute atomic E-state index is 0.203. The topological polar surface area (TPSA) is 57.9 Å². The van der Waals surface area contributed by atoms with Crippen LogP contribution in [0.5, 0.6) is 0 Å². The van der Waals surface area contributed by atoms with Gasteiger partial charge in [0.05, 0.1) is 26.1 Å². The highest BCUT2D eigenvalue weighted by atomic mass is 16.6. The van der Waals surface area contributed by atoms with E-state index in [0.717, 1.165) is 0 Å². The normalized spacial score (nSPS) is 10.3. The molecule has 5 nitrogen and oxygen atoms in total. The Balaban J connectivity index is 1.97. The van der Waals surface area contributed by atoms with Gasteiger partial charge in [0, 0.05) is 6.61 Å². The molecule has 1 aromatic heterocycles. The number of hydrogen-bond donors (Lipinski definition) is 0. The van der Waals surface area contributed by atoms with E-state index in [1.165, 1.54) is 6.26 Å². The van der Waals surface area contributed by atoms with E-state index in [2.05, 4.69) is 0 Å². The lowest BCUT2D eigenvalue weighted by atomic mass is 10.5. The fourth-order valence-corrected chi connectivity index (χ4v) is 1.02. The molecule has 0 aliphatic heterocycles. The molecule has 90 valence electrons. The first kappa shape index (κ1) is 12.7. The Morgan fingerprint density at radius 3 is 2.69 bits per heavy atom. The summed E-state index contributed by atoms with van der Waals surface area (Å²) < 4.78 is 20.0. The Bertz CT molecular complexity index is 281. The Hall–Kier alpha value is -1.33. The lowest BCUT2D eigenvalue weighted by molar-refractivity contribution is 0.0145.